The van der Waals surface area contributed by atoms with E-state index in [1.807, 2.05) is 20.8 Å². The van der Waals surface area contributed by atoms with Crippen molar-refractivity contribution in [3.63, 3.8) is 0 Å². The standard InChI is InChI=1S/C34H32FN3O6S2/c1-4-14-43-26-13-10-20(17-27(26)42-5-2)29-28(30(39)21-11-12-25-23(16-21)15-19(3)44-25)31(40)32(41)38(29)33-36-37-34(46-33)45-18-22-8-6-7-9-24(22)35/h6-13,16-17,19,29,39H,4-5,14-15,18H2,1-3H3/b30-28+/t19-,29+/m1/s1. The molecule has 0 bridgehead atoms. The van der Waals surface area contributed by atoms with Gasteiger partial charge in [-0.15, -0.1) is 10.2 Å². The zero-order valence-corrected chi connectivity index (χ0v) is 27.1. The number of ether oxygens (including phenoxy) is 3. The number of aromatic nitrogens is 2. The topological polar surface area (TPSA) is 111 Å². The van der Waals surface area contributed by atoms with Gasteiger partial charge in [-0.2, -0.15) is 0 Å². The lowest BCUT2D eigenvalue weighted by Crippen LogP contribution is -2.29. The zero-order valence-electron chi connectivity index (χ0n) is 25.5. The molecule has 2 aliphatic heterocycles. The van der Waals surface area contributed by atoms with Gasteiger partial charge in [0.1, 0.15) is 23.4 Å². The molecule has 1 N–H and O–H groups in total. The Morgan fingerprint density at radius 3 is 2.70 bits per heavy atom. The van der Waals surface area contributed by atoms with Crippen LogP contribution >= 0.6 is 23.1 Å². The Kier molecular flexibility index (Phi) is 9.27. The van der Waals surface area contributed by atoms with Crippen molar-refractivity contribution < 1.29 is 33.3 Å². The number of fused-ring (bicyclic) bond motifs is 1. The monoisotopic (exact) mass is 661 g/mol. The van der Waals surface area contributed by atoms with Crippen molar-refractivity contribution in [3.8, 4) is 17.2 Å². The molecule has 3 heterocycles. The fourth-order valence-electron chi connectivity index (χ4n) is 5.48. The highest BCUT2D eigenvalue weighted by molar-refractivity contribution is 8.00. The number of nitrogens with zero attached hydrogens (tertiary/aromatic N) is 3. The number of rotatable bonds is 11. The zero-order chi connectivity index (χ0) is 32.4. The van der Waals surface area contributed by atoms with E-state index in [1.54, 1.807) is 54.6 Å². The molecule has 1 saturated heterocycles. The first-order chi connectivity index (χ1) is 22.3. The highest BCUT2D eigenvalue weighted by Gasteiger charge is 2.48. The molecule has 46 heavy (non-hydrogen) atoms. The van der Waals surface area contributed by atoms with Gasteiger partial charge in [-0.25, -0.2) is 4.39 Å². The van der Waals surface area contributed by atoms with Gasteiger partial charge in [-0.3, -0.25) is 14.5 Å². The second-order valence-electron chi connectivity index (χ2n) is 10.8. The maximum atomic E-state index is 14.2. The first-order valence-electron chi connectivity index (χ1n) is 15.0. The van der Waals surface area contributed by atoms with Crippen molar-refractivity contribution in [2.24, 2.45) is 0 Å². The minimum absolute atomic E-state index is 0.00810. The van der Waals surface area contributed by atoms with E-state index in [2.05, 4.69) is 10.2 Å². The maximum Gasteiger partial charge on any atom is 0.301 e. The van der Waals surface area contributed by atoms with Crippen molar-refractivity contribution in [1.82, 2.24) is 10.2 Å². The van der Waals surface area contributed by atoms with Gasteiger partial charge < -0.3 is 19.3 Å². The first kappa shape index (κ1) is 31.6. The smallest absolute Gasteiger partial charge is 0.301 e. The molecule has 2 aliphatic rings. The minimum atomic E-state index is -1.04. The van der Waals surface area contributed by atoms with E-state index >= 15 is 0 Å². The van der Waals surface area contributed by atoms with Crippen LogP contribution in [0.3, 0.4) is 0 Å². The van der Waals surface area contributed by atoms with Crippen LogP contribution in [0, 0.1) is 5.82 Å². The van der Waals surface area contributed by atoms with Crippen LogP contribution in [-0.4, -0.2) is 46.3 Å². The van der Waals surface area contributed by atoms with Crippen molar-refractivity contribution in [2.45, 2.75) is 55.9 Å². The molecule has 238 valence electrons. The SMILES string of the molecule is CCCOc1ccc([C@H]2/C(=C(\O)c3ccc4c(c3)C[C@@H](C)O4)C(=O)C(=O)N2c2nnc(SCc3ccccc3F)s2)cc1OCC. The van der Waals surface area contributed by atoms with Gasteiger partial charge in [0.2, 0.25) is 5.13 Å². The molecule has 1 aromatic heterocycles. The van der Waals surface area contributed by atoms with Gasteiger partial charge in [0.25, 0.3) is 5.78 Å². The van der Waals surface area contributed by atoms with E-state index in [4.69, 9.17) is 14.2 Å². The Bertz CT molecular complexity index is 1830. The molecule has 4 aromatic rings. The van der Waals surface area contributed by atoms with E-state index in [1.165, 1.54) is 22.7 Å². The summed E-state index contributed by atoms with van der Waals surface area (Å²) in [6, 6.07) is 15.9. The van der Waals surface area contributed by atoms with Crippen LogP contribution in [-0.2, 0) is 21.8 Å². The number of carbonyl (C=O) groups excluding carboxylic acids is 2. The lowest BCUT2D eigenvalue weighted by Gasteiger charge is -2.23. The van der Waals surface area contributed by atoms with Crippen molar-refractivity contribution in [3.05, 3.63) is 94.3 Å². The Balaban J connectivity index is 1.43. The third kappa shape index (κ3) is 6.19. The van der Waals surface area contributed by atoms with Crippen molar-refractivity contribution >= 4 is 45.7 Å². The molecule has 0 radical (unpaired) electrons. The molecule has 0 spiro atoms. The Morgan fingerprint density at radius 1 is 1.09 bits per heavy atom. The van der Waals surface area contributed by atoms with Gasteiger partial charge in [0, 0.05) is 17.7 Å². The molecular weight excluding hydrogens is 630 g/mol. The van der Waals surface area contributed by atoms with Crippen LogP contribution < -0.4 is 19.1 Å². The predicted molar refractivity (Wildman–Crippen MR) is 174 cm³/mol. The molecule has 3 aromatic carbocycles. The van der Waals surface area contributed by atoms with Gasteiger partial charge in [-0.05, 0) is 73.4 Å². The first-order valence-corrected chi connectivity index (χ1v) is 16.8. The molecule has 2 atom stereocenters. The summed E-state index contributed by atoms with van der Waals surface area (Å²) in [5.74, 6) is -0.337. The number of carbonyl (C=O) groups is 2. The predicted octanol–water partition coefficient (Wildman–Crippen LogP) is 7.11. The summed E-state index contributed by atoms with van der Waals surface area (Å²) in [7, 11) is 0. The lowest BCUT2D eigenvalue weighted by molar-refractivity contribution is -0.132. The molecule has 0 aliphatic carbocycles. The van der Waals surface area contributed by atoms with Crippen LogP contribution in [0.25, 0.3) is 5.76 Å². The van der Waals surface area contributed by atoms with E-state index in [9.17, 15) is 19.1 Å². The third-order valence-electron chi connectivity index (χ3n) is 7.57. The average molecular weight is 662 g/mol. The van der Waals surface area contributed by atoms with E-state index in [-0.39, 0.29) is 28.4 Å². The minimum Gasteiger partial charge on any atom is -0.507 e. The van der Waals surface area contributed by atoms with E-state index < -0.39 is 17.7 Å². The lowest BCUT2D eigenvalue weighted by atomic mass is 9.94. The summed E-state index contributed by atoms with van der Waals surface area (Å²) in [6.45, 7) is 6.65. The average Bonchev–Trinajstić information content (AvgIpc) is 3.74. The normalized spacial score (nSPS) is 18.5. The number of halogens is 1. The summed E-state index contributed by atoms with van der Waals surface area (Å²) in [5.41, 5.74) is 2.23. The molecule has 1 amide bonds. The van der Waals surface area contributed by atoms with Crippen LogP contribution in [0.1, 0.15) is 55.5 Å². The molecule has 12 heteroatoms. The van der Waals surface area contributed by atoms with Crippen molar-refractivity contribution in [2.75, 3.05) is 18.1 Å². The second kappa shape index (κ2) is 13.5. The molecule has 9 nitrogen and oxygen atoms in total. The van der Waals surface area contributed by atoms with Crippen LogP contribution in [0.5, 0.6) is 17.2 Å². The Labute approximate surface area is 274 Å². The molecule has 0 unspecified atom stereocenters. The number of aliphatic hydroxyl groups is 1. The quantitative estimate of drug-likeness (QED) is 0.0591. The van der Waals surface area contributed by atoms with Gasteiger partial charge >= 0.3 is 5.91 Å². The largest absolute Gasteiger partial charge is 0.507 e. The van der Waals surface area contributed by atoms with Crippen LogP contribution in [0.15, 0.2) is 70.6 Å². The number of amides is 1. The third-order valence-corrected chi connectivity index (χ3v) is 9.67. The number of hydrogen-bond donors (Lipinski definition) is 1. The molecule has 6 rings (SSSR count). The summed E-state index contributed by atoms with van der Waals surface area (Å²) in [4.78, 5) is 28.8. The summed E-state index contributed by atoms with van der Waals surface area (Å²) in [5, 5.41) is 20.4. The summed E-state index contributed by atoms with van der Waals surface area (Å²) < 4.78 is 32.3. The number of anilines is 1. The van der Waals surface area contributed by atoms with Gasteiger partial charge in [0.05, 0.1) is 24.8 Å². The van der Waals surface area contributed by atoms with E-state index in [0.717, 1.165) is 29.1 Å². The number of hydrogen-bond acceptors (Lipinski definition) is 10. The highest BCUT2D eigenvalue weighted by atomic mass is 32.2. The Hall–Kier alpha value is -4.42. The van der Waals surface area contributed by atoms with E-state index in [0.29, 0.717) is 57.9 Å². The number of ketones is 1. The summed E-state index contributed by atoms with van der Waals surface area (Å²) in [6.07, 6.45) is 1.45. The maximum absolute atomic E-state index is 14.2. The fourth-order valence-corrected chi connectivity index (χ4v) is 7.33. The number of thioether (sulfide) groups is 1. The highest BCUT2D eigenvalue weighted by Crippen LogP contribution is 2.46. The fraction of sp³-hybridized carbons (Fsp3) is 0.294. The van der Waals surface area contributed by atoms with Crippen LogP contribution in [0.2, 0.25) is 0 Å². The van der Waals surface area contributed by atoms with Gasteiger partial charge in [-0.1, -0.05) is 54.3 Å². The number of aliphatic hydroxyl groups excluding tert-OH is 1. The molecular formula is C34H32FN3O6S2. The van der Waals surface area contributed by atoms with Crippen LogP contribution in [0.4, 0.5) is 9.52 Å². The Morgan fingerprint density at radius 2 is 1.91 bits per heavy atom. The number of Topliss-reactive ketones (excluding diaryl/α,β-unsaturated/α-hetero) is 1. The second-order valence-corrected chi connectivity index (χ2v) is 13.0. The van der Waals surface area contributed by atoms with Gasteiger partial charge in [0.15, 0.2) is 15.8 Å². The van der Waals surface area contributed by atoms with Crippen molar-refractivity contribution in [1.29, 1.82) is 0 Å². The molecule has 0 saturated carbocycles. The number of benzene rings is 3. The summed E-state index contributed by atoms with van der Waals surface area (Å²) >= 11 is 2.38. The molecule has 1 fully saturated rings.